The molecule has 0 aliphatic heterocycles. The Morgan fingerprint density at radius 3 is 2.68 bits per heavy atom. The zero-order valence-corrected chi connectivity index (χ0v) is 11.5. The van der Waals surface area contributed by atoms with Gasteiger partial charge < -0.3 is 15.5 Å². The lowest BCUT2D eigenvalue weighted by Gasteiger charge is -2.24. The maximum absolute atomic E-state index is 12.1. The third-order valence-corrected chi connectivity index (χ3v) is 4.13. The number of hydrogen-bond acceptors (Lipinski definition) is 4. The van der Waals surface area contributed by atoms with Crippen molar-refractivity contribution < 1.29 is 15.0 Å². The van der Waals surface area contributed by atoms with E-state index in [0.717, 1.165) is 10.1 Å². The van der Waals surface area contributed by atoms with Crippen LogP contribution in [0.25, 0.3) is 10.1 Å². The van der Waals surface area contributed by atoms with Crippen LogP contribution in [-0.4, -0.2) is 35.9 Å². The average molecular weight is 279 g/mol. The van der Waals surface area contributed by atoms with Gasteiger partial charge in [-0.25, -0.2) is 0 Å². The van der Waals surface area contributed by atoms with E-state index in [0.29, 0.717) is 5.56 Å². The Morgan fingerprint density at radius 1 is 1.32 bits per heavy atom. The molecule has 2 aromatic rings. The van der Waals surface area contributed by atoms with Crippen molar-refractivity contribution in [3.63, 3.8) is 0 Å². The van der Waals surface area contributed by atoms with Crippen molar-refractivity contribution in [2.45, 2.75) is 6.92 Å². The minimum Gasteiger partial charge on any atom is -0.396 e. The van der Waals surface area contributed by atoms with E-state index in [1.54, 1.807) is 6.92 Å². The first-order valence-electron chi connectivity index (χ1n) is 6.06. The second kappa shape index (κ2) is 5.69. The van der Waals surface area contributed by atoms with E-state index >= 15 is 0 Å². The van der Waals surface area contributed by atoms with Gasteiger partial charge in [0.2, 0.25) is 0 Å². The monoisotopic (exact) mass is 279 g/mol. The van der Waals surface area contributed by atoms with Crippen LogP contribution in [0, 0.1) is 5.41 Å². The largest absolute Gasteiger partial charge is 0.396 e. The quantitative estimate of drug-likeness (QED) is 0.779. The molecule has 4 nitrogen and oxygen atoms in total. The molecule has 1 aromatic heterocycles. The van der Waals surface area contributed by atoms with Gasteiger partial charge in [0.15, 0.2) is 0 Å². The molecule has 3 N–H and O–H groups in total. The molecule has 0 bridgehead atoms. The van der Waals surface area contributed by atoms with Gasteiger partial charge in [0.25, 0.3) is 5.91 Å². The second-order valence-electron chi connectivity index (χ2n) is 4.96. The summed E-state index contributed by atoms with van der Waals surface area (Å²) in [5, 5.41) is 23.9. The Hall–Kier alpha value is -1.43. The van der Waals surface area contributed by atoms with Gasteiger partial charge in [-0.3, -0.25) is 4.79 Å². The number of aliphatic hydroxyl groups is 2. The molecule has 1 heterocycles. The summed E-state index contributed by atoms with van der Waals surface area (Å²) in [6.45, 7) is 1.62. The van der Waals surface area contributed by atoms with E-state index in [-0.39, 0.29) is 25.7 Å². The molecule has 0 saturated heterocycles. The lowest BCUT2D eigenvalue weighted by atomic mass is 9.93. The maximum Gasteiger partial charge on any atom is 0.252 e. The Labute approximate surface area is 115 Å². The molecule has 0 radical (unpaired) electrons. The van der Waals surface area contributed by atoms with Crippen molar-refractivity contribution in [1.29, 1.82) is 0 Å². The van der Waals surface area contributed by atoms with Crippen molar-refractivity contribution in [1.82, 2.24) is 5.32 Å². The van der Waals surface area contributed by atoms with Crippen LogP contribution in [0.15, 0.2) is 29.6 Å². The molecule has 0 fully saturated rings. The minimum atomic E-state index is -0.693. The number of thiophene rings is 1. The molecular weight excluding hydrogens is 262 g/mol. The van der Waals surface area contributed by atoms with Crippen LogP contribution < -0.4 is 5.32 Å². The summed E-state index contributed by atoms with van der Waals surface area (Å²) in [6.07, 6.45) is 0. The highest BCUT2D eigenvalue weighted by atomic mass is 32.1. The van der Waals surface area contributed by atoms with E-state index in [2.05, 4.69) is 5.32 Å². The van der Waals surface area contributed by atoms with Crippen molar-refractivity contribution in [3.05, 3.63) is 35.2 Å². The van der Waals surface area contributed by atoms with Crippen molar-refractivity contribution in [2.75, 3.05) is 19.8 Å². The first kappa shape index (κ1) is 14.0. The molecule has 0 aliphatic carbocycles. The zero-order valence-electron chi connectivity index (χ0n) is 10.7. The third-order valence-electron chi connectivity index (χ3n) is 3.16. The average Bonchev–Trinajstić information content (AvgIpc) is 2.88. The lowest BCUT2D eigenvalue weighted by Crippen LogP contribution is -2.40. The number of amides is 1. The van der Waals surface area contributed by atoms with Gasteiger partial charge in [-0.2, -0.15) is 0 Å². The maximum atomic E-state index is 12.1. The molecular formula is C14H17NO3S. The van der Waals surface area contributed by atoms with Crippen LogP contribution in [0.4, 0.5) is 0 Å². The SMILES string of the molecule is CC(CO)(CO)CNC(=O)c1csc2ccccc12. The summed E-state index contributed by atoms with van der Waals surface area (Å²) in [6, 6.07) is 7.73. The third kappa shape index (κ3) is 2.94. The number of nitrogens with one attached hydrogen (secondary N) is 1. The molecule has 0 aliphatic rings. The van der Waals surface area contributed by atoms with Crippen molar-refractivity contribution in [3.8, 4) is 0 Å². The molecule has 0 spiro atoms. The fourth-order valence-corrected chi connectivity index (χ4v) is 2.65. The predicted molar refractivity (Wildman–Crippen MR) is 76.4 cm³/mol. The Bertz CT molecular complexity index is 575. The first-order chi connectivity index (χ1) is 9.09. The number of rotatable bonds is 5. The molecule has 2 rings (SSSR count). The molecule has 1 aromatic carbocycles. The highest BCUT2D eigenvalue weighted by Crippen LogP contribution is 2.25. The van der Waals surface area contributed by atoms with E-state index in [1.165, 1.54) is 11.3 Å². The van der Waals surface area contributed by atoms with Crippen LogP contribution in [0.3, 0.4) is 0 Å². The fourth-order valence-electron chi connectivity index (χ4n) is 1.70. The van der Waals surface area contributed by atoms with E-state index in [4.69, 9.17) is 0 Å². The van der Waals surface area contributed by atoms with Crippen molar-refractivity contribution >= 4 is 27.3 Å². The van der Waals surface area contributed by atoms with Crippen LogP contribution in [0.5, 0.6) is 0 Å². The number of fused-ring (bicyclic) bond motifs is 1. The summed E-state index contributed by atoms with van der Waals surface area (Å²) >= 11 is 1.53. The first-order valence-corrected chi connectivity index (χ1v) is 6.94. The van der Waals surface area contributed by atoms with Gasteiger partial charge in [-0.1, -0.05) is 25.1 Å². The predicted octanol–water partition coefficient (Wildman–Crippen LogP) is 1.62. The molecule has 102 valence electrons. The normalized spacial score (nSPS) is 11.7. The molecule has 1 amide bonds. The van der Waals surface area contributed by atoms with Gasteiger partial charge in [-0.15, -0.1) is 11.3 Å². The Kier molecular flexibility index (Phi) is 4.19. The molecule has 0 atom stereocenters. The van der Waals surface area contributed by atoms with Crippen LogP contribution >= 0.6 is 11.3 Å². The van der Waals surface area contributed by atoms with E-state index in [9.17, 15) is 15.0 Å². The number of carbonyl (C=O) groups is 1. The van der Waals surface area contributed by atoms with Crippen molar-refractivity contribution in [2.24, 2.45) is 5.41 Å². The van der Waals surface area contributed by atoms with E-state index in [1.807, 2.05) is 29.6 Å². The van der Waals surface area contributed by atoms with Gasteiger partial charge in [0, 0.05) is 27.4 Å². The standard InChI is InChI=1S/C14H17NO3S/c1-14(8-16,9-17)7-15-13(18)11-6-19-12-5-3-2-4-10(11)12/h2-6,16-17H,7-9H2,1H3,(H,15,18). The molecule has 19 heavy (non-hydrogen) atoms. The lowest BCUT2D eigenvalue weighted by molar-refractivity contribution is 0.0647. The Morgan fingerprint density at radius 2 is 2.00 bits per heavy atom. The summed E-state index contributed by atoms with van der Waals surface area (Å²) in [5.74, 6) is -0.175. The van der Waals surface area contributed by atoms with E-state index < -0.39 is 5.41 Å². The van der Waals surface area contributed by atoms with Crippen LogP contribution in [-0.2, 0) is 0 Å². The molecule has 0 unspecified atom stereocenters. The number of carbonyl (C=O) groups excluding carboxylic acids is 1. The second-order valence-corrected chi connectivity index (χ2v) is 5.87. The summed E-state index contributed by atoms with van der Waals surface area (Å²) in [5.41, 5.74) is -0.0552. The smallest absolute Gasteiger partial charge is 0.252 e. The van der Waals surface area contributed by atoms with Gasteiger partial charge in [0.1, 0.15) is 0 Å². The highest BCUT2D eigenvalue weighted by molar-refractivity contribution is 7.17. The zero-order chi connectivity index (χ0) is 13.9. The number of aliphatic hydroxyl groups excluding tert-OH is 2. The van der Waals surface area contributed by atoms with Gasteiger partial charge in [0.05, 0.1) is 18.8 Å². The fraction of sp³-hybridized carbons (Fsp3) is 0.357. The number of benzene rings is 1. The highest BCUT2D eigenvalue weighted by Gasteiger charge is 2.23. The van der Waals surface area contributed by atoms with Gasteiger partial charge in [-0.05, 0) is 6.07 Å². The summed E-state index contributed by atoms with van der Waals surface area (Å²) < 4.78 is 1.07. The molecule has 5 heteroatoms. The van der Waals surface area contributed by atoms with Crippen LogP contribution in [0.2, 0.25) is 0 Å². The van der Waals surface area contributed by atoms with Gasteiger partial charge >= 0.3 is 0 Å². The summed E-state index contributed by atoms with van der Waals surface area (Å²) in [4.78, 5) is 12.1. The topological polar surface area (TPSA) is 69.6 Å². The Balaban J connectivity index is 2.12. The molecule has 0 saturated carbocycles. The number of hydrogen-bond donors (Lipinski definition) is 3. The minimum absolute atomic E-state index is 0.172. The van der Waals surface area contributed by atoms with Crippen LogP contribution in [0.1, 0.15) is 17.3 Å². The summed E-state index contributed by atoms with van der Waals surface area (Å²) in [7, 11) is 0.